The first kappa shape index (κ1) is 23.7. The van der Waals surface area contributed by atoms with Crippen LogP contribution in [0, 0.1) is 0 Å². The van der Waals surface area contributed by atoms with E-state index < -0.39 is 18.0 Å². The third-order valence-electron chi connectivity index (χ3n) is 3.54. The Hall–Kier alpha value is -1.31. The predicted molar refractivity (Wildman–Crippen MR) is 94.3 cm³/mol. The molecule has 1 atom stereocenters. The highest BCUT2D eigenvalue weighted by Gasteiger charge is 2.18. The van der Waals surface area contributed by atoms with Crippen LogP contribution in [-0.4, -0.2) is 56.7 Å². The SMILES string of the molecule is CCOCCCCCC(=O)OC(=O)C(C)OCCNCCC(=O)CC. The summed E-state index contributed by atoms with van der Waals surface area (Å²) in [6, 6.07) is 0. The molecule has 7 nitrogen and oxygen atoms in total. The fraction of sp³-hybridized carbons (Fsp3) is 0.833. The third-order valence-corrected chi connectivity index (χ3v) is 3.54. The molecule has 146 valence electrons. The minimum atomic E-state index is -0.791. The summed E-state index contributed by atoms with van der Waals surface area (Å²) in [6.07, 6.45) is 2.90. The molecule has 0 amide bonds. The molecule has 25 heavy (non-hydrogen) atoms. The molecule has 0 heterocycles. The molecule has 0 spiro atoms. The first-order valence-corrected chi connectivity index (χ1v) is 9.17. The highest BCUT2D eigenvalue weighted by Crippen LogP contribution is 2.03. The van der Waals surface area contributed by atoms with Crippen molar-refractivity contribution >= 4 is 17.7 Å². The van der Waals surface area contributed by atoms with Crippen LogP contribution < -0.4 is 5.32 Å². The zero-order valence-corrected chi connectivity index (χ0v) is 15.8. The van der Waals surface area contributed by atoms with Gasteiger partial charge in [-0.2, -0.15) is 0 Å². The van der Waals surface area contributed by atoms with Crippen LogP contribution in [0.4, 0.5) is 0 Å². The zero-order chi connectivity index (χ0) is 18.9. The van der Waals surface area contributed by atoms with Gasteiger partial charge in [0.15, 0.2) is 6.10 Å². The molecule has 1 unspecified atom stereocenters. The molecule has 0 aromatic carbocycles. The van der Waals surface area contributed by atoms with Crippen molar-refractivity contribution in [1.82, 2.24) is 5.32 Å². The van der Waals surface area contributed by atoms with Gasteiger partial charge in [-0.3, -0.25) is 9.59 Å². The minimum absolute atomic E-state index is 0.210. The summed E-state index contributed by atoms with van der Waals surface area (Å²) in [6.45, 7) is 8.15. The molecule has 0 saturated carbocycles. The van der Waals surface area contributed by atoms with Crippen LogP contribution >= 0.6 is 0 Å². The predicted octanol–water partition coefficient (Wildman–Crippen LogP) is 2.02. The summed E-state index contributed by atoms with van der Waals surface area (Å²) in [4.78, 5) is 34.4. The number of unbranched alkanes of at least 4 members (excludes halogenated alkanes) is 2. The van der Waals surface area contributed by atoms with Gasteiger partial charge in [0.1, 0.15) is 5.78 Å². The molecule has 0 aromatic heterocycles. The van der Waals surface area contributed by atoms with Crippen molar-refractivity contribution in [3.8, 4) is 0 Å². The Morgan fingerprint density at radius 3 is 2.40 bits per heavy atom. The first-order chi connectivity index (χ1) is 12.0. The average molecular weight is 359 g/mol. The summed E-state index contributed by atoms with van der Waals surface area (Å²) in [5.41, 5.74) is 0. The van der Waals surface area contributed by atoms with Gasteiger partial charge in [0, 0.05) is 45.6 Å². The fourth-order valence-electron chi connectivity index (χ4n) is 1.95. The molecule has 0 aliphatic rings. The molecular weight excluding hydrogens is 326 g/mol. The van der Waals surface area contributed by atoms with E-state index in [2.05, 4.69) is 5.32 Å². The van der Waals surface area contributed by atoms with E-state index in [0.717, 1.165) is 12.8 Å². The second-order valence-corrected chi connectivity index (χ2v) is 5.71. The van der Waals surface area contributed by atoms with E-state index in [1.54, 1.807) is 6.92 Å². The summed E-state index contributed by atoms with van der Waals surface area (Å²) in [5.74, 6) is -0.977. The largest absolute Gasteiger partial charge is 0.391 e. The highest BCUT2D eigenvalue weighted by atomic mass is 16.6. The summed E-state index contributed by atoms with van der Waals surface area (Å²) in [7, 11) is 0. The normalized spacial score (nSPS) is 12.0. The number of hydrogen-bond acceptors (Lipinski definition) is 7. The molecule has 1 N–H and O–H groups in total. The van der Waals surface area contributed by atoms with Crippen molar-refractivity contribution in [2.24, 2.45) is 0 Å². The lowest BCUT2D eigenvalue weighted by Crippen LogP contribution is -2.29. The van der Waals surface area contributed by atoms with Crippen molar-refractivity contribution in [1.29, 1.82) is 0 Å². The first-order valence-electron chi connectivity index (χ1n) is 9.17. The van der Waals surface area contributed by atoms with E-state index in [0.29, 0.717) is 52.2 Å². The molecule has 0 fully saturated rings. The molecule has 7 heteroatoms. The second kappa shape index (κ2) is 16.2. The minimum Gasteiger partial charge on any atom is -0.391 e. The van der Waals surface area contributed by atoms with Crippen molar-refractivity contribution < 1.29 is 28.6 Å². The lowest BCUT2D eigenvalue weighted by Gasteiger charge is -2.12. The van der Waals surface area contributed by atoms with Gasteiger partial charge in [-0.25, -0.2) is 4.79 Å². The zero-order valence-electron chi connectivity index (χ0n) is 15.8. The van der Waals surface area contributed by atoms with Crippen LogP contribution in [0.15, 0.2) is 0 Å². The number of carbonyl (C=O) groups is 3. The third kappa shape index (κ3) is 14.7. The lowest BCUT2D eigenvalue weighted by molar-refractivity contribution is -0.167. The summed E-state index contributed by atoms with van der Waals surface area (Å²) in [5, 5.41) is 3.06. The number of ether oxygens (including phenoxy) is 3. The van der Waals surface area contributed by atoms with Crippen LogP contribution in [0.5, 0.6) is 0 Å². The molecule has 0 aliphatic carbocycles. The van der Waals surface area contributed by atoms with Crippen LogP contribution in [0.2, 0.25) is 0 Å². The standard InChI is InChI=1S/C18H33NO6/c1-4-16(20)10-11-19-12-14-24-15(3)18(22)25-17(21)9-7-6-8-13-23-5-2/h15,19H,4-14H2,1-3H3. The van der Waals surface area contributed by atoms with Gasteiger partial charge < -0.3 is 19.5 Å². The Kier molecular flexibility index (Phi) is 15.3. The van der Waals surface area contributed by atoms with Gasteiger partial charge in [0.2, 0.25) is 0 Å². The van der Waals surface area contributed by atoms with E-state index >= 15 is 0 Å². The van der Waals surface area contributed by atoms with Crippen molar-refractivity contribution in [3.05, 3.63) is 0 Å². The highest BCUT2D eigenvalue weighted by molar-refractivity contribution is 5.87. The van der Waals surface area contributed by atoms with Gasteiger partial charge in [-0.15, -0.1) is 0 Å². The van der Waals surface area contributed by atoms with Gasteiger partial charge in [0.25, 0.3) is 0 Å². The van der Waals surface area contributed by atoms with Gasteiger partial charge in [-0.1, -0.05) is 13.3 Å². The maximum absolute atomic E-state index is 11.7. The van der Waals surface area contributed by atoms with Crippen molar-refractivity contribution in [3.63, 3.8) is 0 Å². The van der Waals surface area contributed by atoms with Gasteiger partial charge in [-0.05, 0) is 26.7 Å². The lowest BCUT2D eigenvalue weighted by atomic mass is 10.2. The molecule has 0 radical (unpaired) electrons. The van der Waals surface area contributed by atoms with Crippen LogP contribution in [0.25, 0.3) is 0 Å². The Balaban J connectivity index is 3.63. The topological polar surface area (TPSA) is 90.9 Å². The Labute approximate surface area is 150 Å². The Bertz CT molecular complexity index is 386. The molecule has 0 aliphatic heterocycles. The molecule has 0 rings (SSSR count). The maximum atomic E-state index is 11.7. The van der Waals surface area contributed by atoms with E-state index in [4.69, 9.17) is 14.2 Å². The number of carbonyl (C=O) groups excluding carboxylic acids is 3. The van der Waals surface area contributed by atoms with E-state index in [1.165, 1.54) is 0 Å². The smallest absolute Gasteiger partial charge is 0.342 e. The van der Waals surface area contributed by atoms with Gasteiger partial charge in [0.05, 0.1) is 6.61 Å². The summed E-state index contributed by atoms with van der Waals surface area (Å²) >= 11 is 0. The van der Waals surface area contributed by atoms with Crippen LogP contribution in [0.1, 0.15) is 59.3 Å². The molecule has 0 aromatic rings. The van der Waals surface area contributed by atoms with Crippen molar-refractivity contribution in [2.45, 2.75) is 65.4 Å². The number of ketones is 1. The van der Waals surface area contributed by atoms with Crippen LogP contribution in [-0.2, 0) is 28.6 Å². The fourth-order valence-corrected chi connectivity index (χ4v) is 1.95. The average Bonchev–Trinajstić information content (AvgIpc) is 2.60. The Morgan fingerprint density at radius 2 is 1.72 bits per heavy atom. The van der Waals surface area contributed by atoms with Gasteiger partial charge >= 0.3 is 11.9 Å². The number of nitrogens with one attached hydrogen (secondary N) is 1. The number of Topliss-reactive ketones (excluding diaryl/α,β-unsaturated/α-hetero) is 1. The molecule has 0 bridgehead atoms. The number of esters is 2. The summed E-state index contributed by atoms with van der Waals surface area (Å²) < 4.78 is 15.3. The number of hydrogen-bond donors (Lipinski definition) is 1. The quantitative estimate of drug-likeness (QED) is 0.256. The molecular formula is C18H33NO6. The number of rotatable bonds is 16. The van der Waals surface area contributed by atoms with Crippen LogP contribution in [0.3, 0.4) is 0 Å². The second-order valence-electron chi connectivity index (χ2n) is 5.71. The van der Waals surface area contributed by atoms with E-state index in [1.807, 2.05) is 13.8 Å². The monoisotopic (exact) mass is 359 g/mol. The van der Waals surface area contributed by atoms with E-state index in [-0.39, 0.29) is 12.2 Å². The maximum Gasteiger partial charge on any atom is 0.342 e. The Morgan fingerprint density at radius 1 is 0.960 bits per heavy atom. The molecule has 0 saturated heterocycles. The van der Waals surface area contributed by atoms with E-state index in [9.17, 15) is 14.4 Å². The van der Waals surface area contributed by atoms with Crippen molar-refractivity contribution in [2.75, 3.05) is 32.9 Å².